The van der Waals surface area contributed by atoms with Crippen LogP contribution in [-0.2, 0) is 32.5 Å². The van der Waals surface area contributed by atoms with Crippen molar-refractivity contribution in [2.45, 2.75) is 50.9 Å². The number of ether oxygens (including phenoxy) is 2. The highest BCUT2D eigenvalue weighted by Crippen LogP contribution is 2.42. The second-order valence-electron chi connectivity index (χ2n) is 9.68. The van der Waals surface area contributed by atoms with E-state index < -0.39 is 5.97 Å². The van der Waals surface area contributed by atoms with Crippen molar-refractivity contribution in [3.63, 3.8) is 0 Å². The Hall–Kier alpha value is -3.45. The van der Waals surface area contributed by atoms with Gasteiger partial charge in [-0.1, -0.05) is 37.3 Å². The van der Waals surface area contributed by atoms with Gasteiger partial charge >= 0.3 is 5.97 Å². The molecule has 190 valence electrons. The Morgan fingerprint density at radius 1 is 1.14 bits per heavy atom. The van der Waals surface area contributed by atoms with E-state index in [1.54, 1.807) is 19.2 Å². The van der Waals surface area contributed by atoms with Crippen LogP contribution in [0.5, 0.6) is 5.75 Å². The van der Waals surface area contributed by atoms with Crippen LogP contribution in [0.15, 0.2) is 48.5 Å². The summed E-state index contributed by atoms with van der Waals surface area (Å²) in [6.45, 7) is 2.66. The first kappa shape index (κ1) is 25.6. The molecule has 0 saturated carbocycles. The van der Waals surface area contributed by atoms with Crippen LogP contribution in [0.2, 0.25) is 0 Å². The summed E-state index contributed by atoms with van der Waals surface area (Å²) < 4.78 is 10.4. The molecule has 1 unspecified atom stereocenters. The third-order valence-electron chi connectivity index (χ3n) is 7.02. The summed E-state index contributed by atoms with van der Waals surface area (Å²) >= 11 is 0. The Balaban J connectivity index is 1.57. The molecular formula is C29H34N2O5. The SMILES string of the molecule is COCCNC(=O)COC(=O)c1c2c(nc3ccccc13)C(C)(CCCc1ccc(O)cc1)CCC2. The number of pyridine rings is 1. The van der Waals surface area contributed by atoms with Gasteiger partial charge in [0.1, 0.15) is 5.75 Å². The maximum atomic E-state index is 13.3. The van der Waals surface area contributed by atoms with Crippen molar-refractivity contribution >= 4 is 22.8 Å². The van der Waals surface area contributed by atoms with Crippen molar-refractivity contribution in [3.8, 4) is 5.75 Å². The molecule has 1 atom stereocenters. The molecule has 7 heteroatoms. The van der Waals surface area contributed by atoms with Crippen LogP contribution in [0.3, 0.4) is 0 Å². The molecule has 0 aliphatic heterocycles. The molecule has 1 aromatic heterocycles. The van der Waals surface area contributed by atoms with Crippen LogP contribution in [0, 0.1) is 0 Å². The molecule has 0 fully saturated rings. The number of carbonyl (C=O) groups excluding carboxylic acids is 2. The summed E-state index contributed by atoms with van der Waals surface area (Å²) in [4.78, 5) is 30.5. The largest absolute Gasteiger partial charge is 0.508 e. The molecule has 0 radical (unpaired) electrons. The van der Waals surface area contributed by atoms with Gasteiger partial charge in [-0.05, 0) is 67.9 Å². The fourth-order valence-electron chi connectivity index (χ4n) is 5.14. The fraction of sp³-hybridized carbons (Fsp3) is 0.414. The zero-order chi connectivity index (χ0) is 25.5. The van der Waals surface area contributed by atoms with E-state index in [-0.39, 0.29) is 23.7 Å². The lowest BCUT2D eigenvalue weighted by atomic mass is 9.70. The molecule has 7 nitrogen and oxygen atoms in total. The first-order valence-corrected chi connectivity index (χ1v) is 12.5. The van der Waals surface area contributed by atoms with Gasteiger partial charge < -0.3 is 19.9 Å². The van der Waals surface area contributed by atoms with E-state index >= 15 is 0 Å². The molecular weight excluding hydrogens is 456 g/mol. The zero-order valence-electron chi connectivity index (χ0n) is 21.0. The number of para-hydroxylation sites is 1. The number of phenolic OH excluding ortho intramolecular Hbond substituents is 1. The van der Waals surface area contributed by atoms with Gasteiger partial charge in [-0.2, -0.15) is 0 Å². The molecule has 0 bridgehead atoms. The second-order valence-corrected chi connectivity index (χ2v) is 9.68. The zero-order valence-corrected chi connectivity index (χ0v) is 21.0. The first-order valence-electron chi connectivity index (χ1n) is 12.5. The molecule has 1 aliphatic rings. The van der Waals surface area contributed by atoms with Gasteiger partial charge in [0.05, 0.1) is 23.4 Å². The number of hydrogen-bond acceptors (Lipinski definition) is 6. The number of aromatic hydroxyl groups is 1. The topological polar surface area (TPSA) is 97.8 Å². The lowest BCUT2D eigenvalue weighted by molar-refractivity contribution is -0.124. The van der Waals surface area contributed by atoms with Gasteiger partial charge in [-0.3, -0.25) is 9.78 Å². The highest BCUT2D eigenvalue weighted by atomic mass is 16.5. The molecule has 0 saturated heterocycles. The summed E-state index contributed by atoms with van der Waals surface area (Å²) in [6.07, 6.45) is 5.52. The lowest BCUT2D eigenvalue weighted by Crippen LogP contribution is -2.33. The molecule has 4 rings (SSSR count). The molecule has 1 amide bonds. The van der Waals surface area contributed by atoms with Crippen molar-refractivity contribution in [3.05, 3.63) is 70.9 Å². The van der Waals surface area contributed by atoms with Gasteiger partial charge in [0.15, 0.2) is 6.61 Å². The average Bonchev–Trinajstić information content (AvgIpc) is 2.88. The average molecular weight is 491 g/mol. The van der Waals surface area contributed by atoms with Crippen LogP contribution in [0.25, 0.3) is 10.9 Å². The fourth-order valence-corrected chi connectivity index (χ4v) is 5.14. The van der Waals surface area contributed by atoms with Crippen molar-refractivity contribution in [2.24, 2.45) is 0 Å². The number of carbonyl (C=O) groups is 2. The molecule has 2 N–H and O–H groups in total. The number of nitrogens with one attached hydrogen (secondary N) is 1. The molecule has 1 aliphatic carbocycles. The third-order valence-corrected chi connectivity index (χ3v) is 7.02. The molecule has 1 heterocycles. The summed E-state index contributed by atoms with van der Waals surface area (Å²) in [7, 11) is 1.56. The van der Waals surface area contributed by atoms with Crippen LogP contribution < -0.4 is 5.32 Å². The highest BCUT2D eigenvalue weighted by Gasteiger charge is 2.36. The number of aromatic nitrogens is 1. The predicted molar refractivity (Wildman–Crippen MR) is 138 cm³/mol. The minimum atomic E-state index is -0.486. The quantitative estimate of drug-likeness (QED) is 0.321. The van der Waals surface area contributed by atoms with E-state index in [1.807, 2.05) is 36.4 Å². The van der Waals surface area contributed by atoms with E-state index in [1.165, 1.54) is 5.56 Å². The number of methoxy groups -OCH3 is 1. The Kier molecular flexibility index (Phi) is 8.21. The van der Waals surface area contributed by atoms with Crippen LogP contribution in [0.1, 0.15) is 59.8 Å². The number of phenols is 1. The number of hydrogen-bond donors (Lipinski definition) is 2. The normalized spacial score (nSPS) is 16.9. The van der Waals surface area contributed by atoms with Crippen molar-refractivity contribution in [1.29, 1.82) is 0 Å². The number of amides is 1. The summed E-state index contributed by atoms with van der Waals surface area (Å²) in [6, 6.07) is 15.0. The number of benzene rings is 2. The van der Waals surface area contributed by atoms with Crippen LogP contribution in [0.4, 0.5) is 0 Å². The monoisotopic (exact) mass is 490 g/mol. The highest BCUT2D eigenvalue weighted by molar-refractivity contribution is 6.05. The van der Waals surface area contributed by atoms with Crippen LogP contribution >= 0.6 is 0 Å². The Morgan fingerprint density at radius 2 is 1.92 bits per heavy atom. The Morgan fingerprint density at radius 3 is 2.69 bits per heavy atom. The van der Waals surface area contributed by atoms with Crippen LogP contribution in [-0.4, -0.2) is 48.8 Å². The van der Waals surface area contributed by atoms with E-state index in [0.29, 0.717) is 18.7 Å². The van der Waals surface area contributed by atoms with Crippen molar-refractivity contribution in [2.75, 3.05) is 26.9 Å². The molecule has 36 heavy (non-hydrogen) atoms. The second kappa shape index (κ2) is 11.5. The number of nitrogens with zero attached hydrogens (tertiary/aromatic N) is 1. The number of rotatable bonds is 10. The summed E-state index contributed by atoms with van der Waals surface area (Å²) in [5.41, 5.74) is 4.23. The minimum absolute atomic E-state index is 0.166. The molecule has 3 aromatic rings. The van der Waals surface area contributed by atoms with Crippen molar-refractivity contribution in [1.82, 2.24) is 10.3 Å². The predicted octanol–water partition coefficient (Wildman–Crippen LogP) is 4.48. The number of fused-ring (bicyclic) bond motifs is 2. The van der Waals surface area contributed by atoms with E-state index in [2.05, 4.69) is 12.2 Å². The summed E-state index contributed by atoms with van der Waals surface area (Å²) in [5.74, 6) is -0.568. The van der Waals surface area contributed by atoms with E-state index in [9.17, 15) is 14.7 Å². The maximum Gasteiger partial charge on any atom is 0.339 e. The maximum absolute atomic E-state index is 13.3. The molecule has 0 spiro atoms. The standard InChI is InChI=1S/C29H34N2O5/c1-29(15-5-7-20-11-13-21(32)14-12-20)16-6-9-23-26(22-8-3-4-10-24(22)31-27(23)29)28(34)36-19-25(33)30-17-18-35-2/h3-4,8,10-14,32H,5-7,9,15-19H2,1-2H3,(H,30,33). The number of esters is 1. The lowest BCUT2D eigenvalue weighted by Gasteiger charge is -2.36. The molecule has 2 aromatic carbocycles. The van der Waals surface area contributed by atoms with Gasteiger partial charge in [-0.25, -0.2) is 4.79 Å². The van der Waals surface area contributed by atoms with E-state index in [4.69, 9.17) is 14.5 Å². The van der Waals surface area contributed by atoms with Crippen molar-refractivity contribution < 1.29 is 24.2 Å². The van der Waals surface area contributed by atoms with Gasteiger partial charge in [0, 0.05) is 24.5 Å². The van der Waals surface area contributed by atoms with E-state index in [0.717, 1.165) is 60.7 Å². The third kappa shape index (κ3) is 5.85. The smallest absolute Gasteiger partial charge is 0.339 e. The van der Waals surface area contributed by atoms with Gasteiger partial charge in [0.25, 0.3) is 5.91 Å². The van der Waals surface area contributed by atoms with Gasteiger partial charge in [0.2, 0.25) is 0 Å². The Bertz CT molecular complexity index is 1220. The van der Waals surface area contributed by atoms with Gasteiger partial charge in [-0.15, -0.1) is 0 Å². The number of aryl methyl sites for hydroxylation is 1. The first-order chi connectivity index (χ1) is 17.4. The Labute approximate surface area is 211 Å². The summed E-state index contributed by atoms with van der Waals surface area (Å²) in [5, 5.41) is 13.0. The minimum Gasteiger partial charge on any atom is -0.508 e.